The molecule has 6 heteroatoms. The van der Waals surface area contributed by atoms with E-state index in [2.05, 4.69) is 0 Å². The van der Waals surface area contributed by atoms with Crippen LogP contribution < -0.4 is 4.74 Å². The predicted molar refractivity (Wildman–Crippen MR) is 116 cm³/mol. The second kappa shape index (κ2) is 10.1. The molecule has 0 N–H and O–H groups in total. The van der Waals surface area contributed by atoms with E-state index in [9.17, 15) is 9.59 Å². The van der Waals surface area contributed by atoms with Crippen LogP contribution in [0.3, 0.4) is 0 Å². The number of aryl methyl sites for hydroxylation is 1. The minimum atomic E-state index is -0.00265. The summed E-state index contributed by atoms with van der Waals surface area (Å²) in [6.45, 7) is 3.68. The standard InChI is InChI=1S/C23H25Cl2NO3/c1-16-4-6-17(7-5-16)23(28)18-10-12-26(13-11-18)22(27)3-2-14-29-21-9-8-19(24)15-20(21)25/h4-9,15,18H,2-3,10-14H2,1H3. The summed E-state index contributed by atoms with van der Waals surface area (Å²) >= 11 is 11.9. The van der Waals surface area contributed by atoms with Crippen LogP contribution in [0.25, 0.3) is 0 Å². The molecule has 0 atom stereocenters. The number of carbonyl (C=O) groups is 2. The van der Waals surface area contributed by atoms with E-state index in [1.807, 2.05) is 36.1 Å². The maximum absolute atomic E-state index is 12.6. The van der Waals surface area contributed by atoms with Gasteiger partial charge in [-0.25, -0.2) is 0 Å². The zero-order valence-electron chi connectivity index (χ0n) is 16.5. The quantitative estimate of drug-likeness (QED) is 0.422. The van der Waals surface area contributed by atoms with E-state index in [1.54, 1.807) is 18.2 Å². The van der Waals surface area contributed by atoms with Crippen molar-refractivity contribution in [2.45, 2.75) is 32.6 Å². The number of ether oxygens (including phenoxy) is 1. The lowest BCUT2D eigenvalue weighted by molar-refractivity contribution is -0.132. The Morgan fingerprint density at radius 2 is 1.76 bits per heavy atom. The molecule has 154 valence electrons. The molecule has 1 aliphatic rings. The Bertz CT molecular complexity index is 859. The molecule has 1 aliphatic heterocycles. The normalized spacial score (nSPS) is 14.7. The molecule has 4 nitrogen and oxygen atoms in total. The van der Waals surface area contributed by atoms with Gasteiger partial charge in [0.1, 0.15) is 5.75 Å². The number of hydrogen-bond donors (Lipinski definition) is 0. The van der Waals surface area contributed by atoms with Crippen LogP contribution in [-0.4, -0.2) is 36.3 Å². The first kappa shape index (κ1) is 21.7. The summed E-state index contributed by atoms with van der Waals surface area (Å²) in [6, 6.07) is 12.8. The van der Waals surface area contributed by atoms with Gasteiger partial charge in [0.2, 0.25) is 5.91 Å². The first-order chi connectivity index (χ1) is 13.9. The number of carbonyl (C=O) groups excluding carboxylic acids is 2. The van der Waals surface area contributed by atoms with Crippen molar-refractivity contribution in [3.63, 3.8) is 0 Å². The van der Waals surface area contributed by atoms with Crippen molar-refractivity contribution in [3.8, 4) is 5.75 Å². The van der Waals surface area contributed by atoms with E-state index < -0.39 is 0 Å². The van der Waals surface area contributed by atoms with E-state index >= 15 is 0 Å². The molecule has 1 fully saturated rings. The number of benzene rings is 2. The van der Waals surface area contributed by atoms with E-state index in [0.717, 1.165) is 24.0 Å². The molecule has 1 heterocycles. The molecule has 2 aromatic rings. The van der Waals surface area contributed by atoms with Gasteiger partial charge in [-0.2, -0.15) is 0 Å². The van der Waals surface area contributed by atoms with Gasteiger partial charge in [-0.05, 0) is 44.4 Å². The lowest BCUT2D eigenvalue weighted by Crippen LogP contribution is -2.40. The maximum Gasteiger partial charge on any atom is 0.222 e. The zero-order valence-corrected chi connectivity index (χ0v) is 18.0. The van der Waals surface area contributed by atoms with Crippen LogP contribution in [0.4, 0.5) is 0 Å². The minimum absolute atomic E-state index is 0.00265. The molecule has 0 aliphatic carbocycles. The van der Waals surface area contributed by atoms with Crippen molar-refractivity contribution in [1.29, 1.82) is 0 Å². The number of Topliss-reactive ketones (excluding diaryl/α,β-unsaturated/α-hetero) is 1. The Labute approximate surface area is 181 Å². The van der Waals surface area contributed by atoms with Crippen LogP contribution in [0.15, 0.2) is 42.5 Å². The van der Waals surface area contributed by atoms with E-state index in [-0.39, 0.29) is 17.6 Å². The van der Waals surface area contributed by atoms with Crippen molar-refractivity contribution in [3.05, 3.63) is 63.6 Å². The van der Waals surface area contributed by atoms with Gasteiger partial charge in [0, 0.05) is 36.0 Å². The highest BCUT2D eigenvalue weighted by atomic mass is 35.5. The van der Waals surface area contributed by atoms with Crippen molar-refractivity contribution in [2.24, 2.45) is 5.92 Å². The van der Waals surface area contributed by atoms with Crippen LogP contribution in [0, 0.1) is 12.8 Å². The molecule has 1 amide bonds. The molecule has 3 rings (SSSR count). The number of hydrogen-bond acceptors (Lipinski definition) is 3. The van der Waals surface area contributed by atoms with Gasteiger partial charge >= 0.3 is 0 Å². The molecule has 0 bridgehead atoms. The van der Waals surface area contributed by atoms with Gasteiger partial charge in [0.15, 0.2) is 5.78 Å². The van der Waals surface area contributed by atoms with E-state index in [4.69, 9.17) is 27.9 Å². The summed E-state index contributed by atoms with van der Waals surface area (Å²) in [5.74, 6) is 0.860. The van der Waals surface area contributed by atoms with Gasteiger partial charge in [-0.15, -0.1) is 0 Å². The van der Waals surface area contributed by atoms with Crippen molar-refractivity contribution in [2.75, 3.05) is 19.7 Å². The molecule has 0 spiro atoms. The number of likely N-dealkylation sites (tertiary alicyclic amines) is 1. The fourth-order valence-electron chi connectivity index (χ4n) is 3.50. The highest BCUT2D eigenvalue weighted by molar-refractivity contribution is 6.35. The Balaban J connectivity index is 1.39. The third-order valence-electron chi connectivity index (χ3n) is 5.24. The summed E-state index contributed by atoms with van der Waals surface area (Å²) in [5, 5.41) is 1.02. The average Bonchev–Trinajstić information content (AvgIpc) is 2.72. The fraction of sp³-hybridized carbons (Fsp3) is 0.391. The lowest BCUT2D eigenvalue weighted by Gasteiger charge is -2.31. The molecule has 1 saturated heterocycles. The summed E-state index contributed by atoms with van der Waals surface area (Å²) in [6.07, 6.45) is 2.46. The topological polar surface area (TPSA) is 46.6 Å². The second-order valence-electron chi connectivity index (χ2n) is 7.41. The fourth-order valence-corrected chi connectivity index (χ4v) is 3.96. The molecule has 0 unspecified atom stereocenters. The molecule has 0 saturated carbocycles. The number of rotatable bonds is 7. The largest absolute Gasteiger partial charge is 0.492 e. The van der Waals surface area contributed by atoms with Crippen LogP contribution in [-0.2, 0) is 4.79 Å². The van der Waals surface area contributed by atoms with Gasteiger partial charge in [0.25, 0.3) is 0 Å². The average molecular weight is 434 g/mol. The Morgan fingerprint density at radius 3 is 2.41 bits per heavy atom. The first-order valence-electron chi connectivity index (χ1n) is 9.90. The molecule has 0 aromatic heterocycles. The van der Waals surface area contributed by atoms with Crippen LogP contribution >= 0.6 is 23.2 Å². The number of piperidine rings is 1. The minimum Gasteiger partial charge on any atom is -0.492 e. The summed E-state index contributed by atoms with van der Waals surface area (Å²) in [4.78, 5) is 26.9. The van der Waals surface area contributed by atoms with Crippen molar-refractivity contribution in [1.82, 2.24) is 4.90 Å². The van der Waals surface area contributed by atoms with Gasteiger partial charge in [0.05, 0.1) is 11.6 Å². The van der Waals surface area contributed by atoms with Crippen LogP contribution in [0.1, 0.15) is 41.6 Å². The van der Waals surface area contributed by atoms with Crippen molar-refractivity contribution < 1.29 is 14.3 Å². The molecular formula is C23H25Cl2NO3. The lowest BCUT2D eigenvalue weighted by atomic mass is 9.88. The smallest absolute Gasteiger partial charge is 0.222 e. The van der Waals surface area contributed by atoms with Gasteiger partial charge in [-0.1, -0.05) is 53.0 Å². The number of nitrogens with zero attached hydrogens (tertiary/aromatic N) is 1. The number of ketones is 1. The van der Waals surface area contributed by atoms with E-state index in [0.29, 0.717) is 48.3 Å². The summed E-state index contributed by atoms with van der Waals surface area (Å²) < 4.78 is 5.63. The first-order valence-corrected chi connectivity index (χ1v) is 10.7. The highest BCUT2D eigenvalue weighted by Crippen LogP contribution is 2.28. The van der Waals surface area contributed by atoms with E-state index in [1.165, 1.54) is 0 Å². The Hall–Kier alpha value is -2.04. The molecule has 29 heavy (non-hydrogen) atoms. The van der Waals surface area contributed by atoms with Crippen LogP contribution in [0.2, 0.25) is 10.0 Å². The van der Waals surface area contributed by atoms with Gasteiger partial charge < -0.3 is 9.64 Å². The third-order valence-corrected chi connectivity index (χ3v) is 5.77. The predicted octanol–water partition coefficient (Wildman–Crippen LogP) is 5.58. The maximum atomic E-state index is 12.6. The SMILES string of the molecule is Cc1ccc(C(=O)C2CCN(C(=O)CCCOc3ccc(Cl)cc3Cl)CC2)cc1. The van der Waals surface area contributed by atoms with Crippen molar-refractivity contribution >= 4 is 34.9 Å². The number of amides is 1. The highest BCUT2D eigenvalue weighted by Gasteiger charge is 2.27. The van der Waals surface area contributed by atoms with Crippen LogP contribution in [0.5, 0.6) is 5.75 Å². The number of halogens is 2. The van der Waals surface area contributed by atoms with Gasteiger partial charge in [-0.3, -0.25) is 9.59 Å². The summed E-state index contributed by atoms with van der Waals surface area (Å²) in [7, 11) is 0. The Morgan fingerprint density at radius 1 is 1.07 bits per heavy atom. The molecular weight excluding hydrogens is 409 g/mol. The third kappa shape index (κ3) is 5.97. The monoisotopic (exact) mass is 433 g/mol. The molecule has 0 radical (unpaired) electrons. The second-order valence-corrected chi connectivity index (χ2v) is 8.26. The zero-order chi connectivity index (χ0) is 20.8. The molecule has 2 aromatic carbocycles. The Kier molecular flexibility index (Phi) is 7.57. The summed E-state index contributed by atoms with van der Waals surface area (Å²) in [5.41, 5.74) is 1.91.